The first-order valence-corrected chi connectivity index (χ1v) is 10.2. The van der Waals surface area contributed by atoms with Crippen LogP contribution in [0.3, 0.4) is 0 Å². The van der Waals surface area contributed by atoms with E-state index < -0.39 is 61.1 Å². The van der Waals surface area contributed by atoms with Gasteiger partial charge in [0.2, 0.25) is 0 Å². The summed E-state index contributed by atoms with van der Waals surface area (Å²) >= 11 is 5.16. The van der Waals surface area contributed by atoms with E-state index in [1.807, 2.05) is 4.98 Å². The fourth-order valence-electron chi connectivity index (χ4n) is 2.82. The molecule has 1 aromatic heterocycles. The lowest BCUT2D eigenvalue weighted by molar-refractivity contribution is -0.204. The Hall–Kier alpha value is -1.01. The molecule has 5 atom stereocenters. The number of aromatic amines is 1. The Morgan fingerprint density at radius 1 is 1.50 bits per heavy atom. The molecule has 2 aliphatic heterocycles. The number of aromatic nitrogens is 2. The largest absolute Gasteiger partial charge is 0.386 e. The highest BCUT2D eigenvalue weighted by Gasteiger charge is 2.66. The van der Waals surface area contributed by atoms with Crippen LogP contribution in [0, 0.1) is 0 Å². The molecule has 0 radical (unpaired) electrons. The van der Waals surface area contributed by atoms with Crippen LogP contribution in [0.2, 0.25) is 0 Å². The summed E-state index contributed by atoms with van der Waals surface area (Å²) in [4.78, 5) is 25.1. The third kappa shape index (κ3) is 3.31. The van der Waals surface area contributed by atoms with Gasteiger partial charge in [-0.1, -0.05) is 0 Å². The van der Waals surface area contributed by atoms with E-state index in [1.54, 1.807) is 13.8 Å². The third-order valence-corrected chi connectivity index (χ3v) is 6.39. The van der Waals surface area contributed by atoms with Crippen molar-refractivity contribution in [3.8, 4) is 0 Å². The van der Waals surface area contributed by atoms with E-state index in [1.165, 1.54) is 0 Å². The van der Waals surface area contributed by atoms with Crippen LogP contribution < -0.4 is 11.2 Å². The molecule has 26 heavy (non-hydrogen) atoms. The lowest BCUT2D eigenvalue weighted by atomic mass is 9.96. The summed E-state index contributed by atoms with van der Waals surface area (Å²) in [5.74, 6) is 0. The standard InChI is InChI=1S/C13H17F2N2O7PS/c1-6(2)23-25(26)21-5-13(11(14)15)9(24-25)8(19)10(22-13)17-4-3-7(18)16-12(17)20/h3-4,6,8-11,19H,5H2,1-2H3,(H,16,18,20)/t8-,9+,10-,13-,25?/m0/s1. The average Bonchev–Trinajstić information content (AvgIpc) is 2.80. The molecule has 2 fully saturated rings. The Kier molecular flexibility index (Phi) is 5.21. The quantitative estimate of drug-likeness (QED) is 0.685. The van der Waals surface area contributed by atoms with Gasteiger partial charge in [0, 0.05) is 12.3 Å². The first-order chi connectivity index (χ1) is 12.1. The highest BCUT2D eigenvalue weighted by atomic mass is 32.5. The molecule has 2 N–H and O–H groups in total. The van der Waals surface area contributed by atoms with E-state index >= 15 is 0 Å². The Labute approximate surface area is 151 Å². The van der Waals surface area contributed by atoms with Crippen LogP contribution in [0.5, 0.6) is 0 Å². The van der Waals surface area contributed by atoms with Crippen molar-refractivity contribution in [1.82, 2.24) is 9.55 Å². The molecule has 2 aliphatic rings. The zero-order chi connectivity index (χ0) is 19.3. The van der Waals surface area contributed by atoms with Crippen LogP contribution in [0.15, 0.2) is 21.9 Å². The molecule has 0 aromatic carbocycles. The second-order valence-electron chi connectivity index (χ2n) is 6.17. The SMILES string of the molecule is CC(C)OP1(=S)OC[C@]2(C(F)F)O[C@H](n3ccc(=O)[nH]c3=O)[C@@H](O)[C@H]2O1. The summed E-state index contributed by atoms with van der Waals surface area (Å²) < 4.78 is 49.8. The van der Waals surface area contributed by atoms with Crippen LogP contribution in [0.1, 0.15) is 20.1 Å². The normalized spacial score (nSPS) is 37.3. The van der Waals surface area contributed by atoms with Gasteiger partial charge in [-0.25, -0.2) is 13.6 Å². The summed E-state index contributed by atoms with van der Waals surface area (Å²) in [6.45, 7) is -0.724. The van der Waals surface area contributed by atoms with Crippen molar-refractivity contribution in [3.63, 3.8) is 0 Å². The topological polar surface area (TPSA) is 112 Å². The van der Waals surface area contributed by atoms with Crippen LogP contribution in [0.25, 0.3) is 0 Å². The van der Waals surface area contributed by atoms with Crippen molar-refractivity contribution in [2.45, 2.75) is 50.4 Å². The fourth-order valence-corrected chi connectivity index (χ4v) is 5.40. The highest BCUT2D eigenvalue weighted by molar-refractivity contribution is 8.07. The smallest absolute Gasteiger partial charge is 0.330 e. The van der Waals surface area contributed by atoms with E-state index in [0.717, 1.165) is 16.8 Å². The third-order valence-electron chi connectivity index (χ3n) is 3.95. The van der Waals surface area contributed by atoms with Gasteiger partial charge in [0.1, 0.15) is 12.2 Å². The number of fused-ring (bicyclic) bond motifs is 1. The number of aliphatic hydroxyl groups is 1. The van der Waals surface area contributed by atoms with Crippen molar-refractivity contribution in [2.24, 2.45) is 0 Å². The molecular weight excluding hydrogens is 397 g/mol. The number of alkyl halides is 2. The van der Waals surface area contributed by atoms with Gasteiger partial charge in [0.05, 0.1) is 12.7 Å². The molecule has 3 heterocycles. The van der Waals surface area contributed by atoms with E-state index in [4.69, 9.17) is 30.1 Å². The molecule has 3 rings (SSSR count). The molecule has 146 valence electrons. The van der Waals surface area contributed by atoms with Crippen LogP contribution in [0.4, 0.5) is 8.78 Å². The van der Waals surface area contributed by atoms with Crippen LogP contribution in [-0.2, 0) is 30.1 Å². The van der Waals surface area contributed by atoms with Gasteiger partial charge in [-0.3, -0.25) is 18.9 Å². The van der Waals surface area contributed by atoms with Gasteiger partial charge in [0.15, 0.2) is 11.8 Å². The molecule has 0 aliphatic carbocycles. The average molecular weight is 414 g/mol. The molecule has 1 aromatic rings. The lowest BCUT2D eigenvalue weighted by Crippen LogP contribution is -2.56. The maximum absolute atomic E-state index is 13.8. The fraction of sp³-hybridized carbons (Fsp3) is 0.692. The summed E-state index contributed by atoms with van der Waals surface area (Å²) in [7, 11) is 0. The van der Waals surface area contributed by atoms with E-state index in [9.17, 15) is 23.5 Å². The summed E-state index contributed by atoms with van der Waals surface area (Å²) in [6.07, 6.45) is -7.24. The maximum Gasteiger partial charge on any atom is 0.330 e. The van der Waals surface area contributed by atoms with Crippen LogP contribution in [-0.4, -0.2) is 51.6 Å². The minimum absolute atomic E-state index is 0.392. The number of H-pyrrole nitrogens is 1. The second kappa shape index (κ2) is 6.86. The van der Waals surface area contributed by atoms with Gasteiger partial charge >= 0.3 is 12.4 Å². The zero-order valence-electron chi connectivity index (χ0n) is 13.7. The zero-order valence-corrected chi connectivity index (χ0v) is 15.4. The Morgan fingerprint density at radius 2 is 2.19 bits per heavy atom. The molecule has 1 unspecified atom stereocenters. The Bertz CT molecular complexity index is 846. The van der Waals surface area contributed by atoms with Gasteiger partial charge in [0.25, 0.3) is 12.0 Å². The number of ether oxygens (including phenoxy) is 1. The predicted octanol–water partition coefficient (Wildman–Crippen LogP) is 0.495. The number of hydrogen-bond acceptors (Lipinski definition) is 8. The van der Waals surface area contributed by atoms with Crippen molar-refractivity contribution in [3.05, 3.63) is 33.1 Å². The van der Waals surface area contributed by atoms with Gasteiger partial charge in [-0.05, 0) is 25.7 Å². The monoisotopic (exact) mass is 414 g/mol. The number of rotatable bonds is 4. The van der Waals surface area contributed by atoms with Crippen molar-refractivity contribution in [2.75, 3.05) is 6.61 Å². The summed E-state index contributed by atoms with van der Waals surface area (Å²) in [5.41, 5.74) is -3.94. The first kappa shape index (κ1) is 19.7. The molecule has 0 saturated carbocycles. The number of aliphatic hydroxyl groups excluding tert-OH is 1. The van der Waals surface area contributed by atoms with Crippen molar-refractivity contribution >= 4 is 18.5 Å². The molecular formula is C13H17F2N2O7PS. The second-order valence-corrected chi connectivity index (χ2v) is 9.09. The molecule has 0 amide bonds. The maximum atomic E-state index is 13.8. The van der Waals surface area contributed by atoms with E-state index in [-0.39, 0.29) is 0 Å². The molecule has 2 saturated heterocycles. The Morgan fingerprint density at radius 3 is 2.77 bits per heavy atom. The van der Waals surface area contributed by atoms with E-state index in [2.05, 4.69) is 0 Å². The Balaban J connectivity index is 1.99. The van der Waals surface area contributed by atoms with Crippen molar-refractivity contribution in [1.29, 1.82) is 0 Å². The minimum atomic E-state index is -3.38. The van der Waals surface area contributed by atoms with Crippen molar-refractivity contribution < 1.29 is 32.2 Å². The molecule has 0 spiro atoms. The molecule has 0 bridgehead atoms. The van der Waals surface area contributed by atoms with Gasteiger partial charge < -0.3 is 18.9 Å². The van der Waals surface area contributed by atoms with Gasteiger partial charge in [-0.15, -0.1) is 0 Å². The number of halogens is 2. The molecule has 9 nitrogen and oxygen atoms in total. The lowest BCUT2D eigenvalue weighted by Gasteiger charge is -2.41. The highest BCUT2D eigenvalue weighted by Crippen LogP contribution is 2.61. The number of hydrogen-bond donors (Lipinski definition) is 2. The summed E-state index contributed by atoms with van der Waals surface area (Å²) in [6, 6.07) is 0.998. The number of nitrogens with one attached hydrogen (secondary N) is 1. The predicted molar refractivity (Wildman–Crippen MR) is 87.5 cm³/mol. The minimum Gasteiger partial charge on any atom is -0.386 e. The summed E-state index contributed by atoms with van der Waals surface area (Å²) in [5, 5.41) is 10.5. The molecule has 13 heteroatoms. The van der Waals surface area contributed by atoms with Crippen LogP contribution >= 0.6 is 6.72 Å². The number of nitrogens with zero attached hydrogens (tertiary/aromatic N) is 1. The van der Waals surface area contributed by atoms with E-state index in [0.29, 0.717) is 0 Å². The first-order valence-electron chi connectivity index (χ1n) is 7.65. The van der Waals surface area contributed by atoms with Gasteiger partial charge in [-0.2, -0.15) is 0 Å².